The number of hydrogen-bond donors (Lipinski definition) is 1. The van der Waals surface area contributed by atoms with Crippen LogP contribution in [0.3, 0.4) is 0 Å². The number of nitrogens with zero attached hydrogens (tertiary/aromatic N) is 3. The van der Waals surface area contributed by atoms with Gasteiger partial charge in [0.1, 0.15) is 17.2 Å². The van der Waals surface area contributed by atoms with Crippen molar-refractivity contribution in [1.82, 2.24) is 9.99 Å². The summed E-state index contributed by atoms with van der Waals surface area (Å²) in [6, 6.07) is 17.1. The third-order valence-electron chi connectivity index (χ3n) is 5.18. The Kier molecular flexibility index (Phi) is 3.90. The Balaban J connectivity index is 1.61. The molecule has 0 amide bonds. The van der Waals surface area contributed by atoms with Crippen LogP contribution < -0.4 is 9.47 Å². The summed E-state index contributed by atoms with van der Waals surface area (Å²) in [6.07, 6.45) is 3.83. The molecule has 5 rings (SSSR count). The predicted molar refractivity (Wildman–Crippen MR) is 104 cm³/mol. The maximum atomic E-state index is 10.4. The molecule has 0 saturated carbocycles. The number of methoxy groups -OCH3 is 1. The van der Waals surface area contributed by atoms with Crippen LogP contribution in [0.15, 0.2) is 72.1 Å². The van der Waals surface area contributed by atoms with Crippen molar-refractivity contribution >= 4 is 5.71 Å². The molecule has 3 heterocycles. The van der Waals surface area contributed by atoms with Gasteiger partial charge in [-0.1, -0.05) is 24.3 Å². The quantitative estimate of drug-likeness (QED) is 0.751. The van der Waals surface area contributed by atoms with E-state index in [4.69, 9.17) is 14.6 Å². The lowest BCUT2D eigenvalue weighted by Gasteiger charge is -2.38. The van der Waals surface area contributed by atoms with Gasteiger partial charge in [0.2, 0.25) is 6.23 Å². The van der Waals surface area contributed by atoms with Crippen LogP contribution in [0, 0.1) is 0 Å². The molecule has 1 N–H and O–H groups in total. The summed E-state index contributed by atoms with van der Waals surface area (Å²) < 4.78 is 11.6. The predicted octanol–water partition coefficient (Wildman–Crippen LogP) is 4.04. The number of fused-ring (bicyclic) bond motifs is 3. The van der Waals surface area contributed by atoms with Crippen molar-refractivity contribution in [2.45, 2.75) is 18.7 Å². The Bertz CT molecular complexity index is 1050. The van der Waals surface area contributed by atoms with Crippen molar-refractivity contribution in [1.29, 1.82) is 0 Å². The smallest absolute Gasteiger partial charge is 0.215 e. The minimum atomic E-state index is -0.376. The third-order valence-corrected chi connectivity index (χ3v) is 5.18. The van der Waals surface area contributed by atoms with E-state index in [0.29, 0.717) is 17.7 Å². The molecular weight excluding hydrogens is 354 g/mol. The van der Waals surface area contributed by atoms with Gasteiger partial charge in [-0.25, -0.2) is 5.01 Å². The second kappa shape index (κ2) is 6.56. The number of ether oxygens (including phenoxy) is 2. The van der Waals surface area contributed by atoms with E-state index in [9.17, 15) is 5.11 Å². The van der Waals surface area contributed by atoms with E-state index >= 15 is 0 Å². The van der Waals surface area contributed by atoms with E-state index in [1.807, 2.05) is 41.4 Å². The van der Waals surface area contributed by atoms with Gasteiger partial charge < -0.3 is 14.6 Å². The van der Waals surface area contributed by atoms with Crippen LogP contribution in [0.25, 0.3) is 0 Å². The number of pyridine rings is 1. The largest absolute Gasteiger partial charge is 0.507 e. The van der Waals surface area contributed by atoms with Gasteiger partial charge in [0.15, 0.2) is 0 Å². The van der Waals surface area contributed by atoms with Crippen LogP contribution in [0.4, 0.5) is 0 Å². The summed E-state index contributed by atoms with van der Waals surface area (Å²) in [5.41, 5.74) is 3.50. The number of rotatable bonds is 3. The Morgan fingerprint density at radius 3 is 2.86 bits per heavy atom. The van der Waals surface area contributed by atoms with Gasteiger partial charge in [-0.3, -0.25) is 4.98 Å². The SMILES string of the molecule is COc1ccc(O)c(C2=NN3[C@@H](C2)c2ccccc2O[C@H]3c2cccnc2)c1. The molecule has 28 heavy (non-hydrogen) atoms. The first-order valence-electron chi connectivity index (χ1n) is 9.13. The molecule has 0 radical (unpaired) electrons. The third kappa shape index (κ3) is 2.65. The molecular formula is C22H19N3O3. The Hall–Kier alpha value is -3.54. The molecule has 0 unspecified atom stereocenters. The standard InChI is InChI=1S/C22H19N3O3/c1-27-15-8-9-20(26)17(11-15)18-12-19-16-6-2-3-7-21(16)28-22(25(19)24-18)14-5-4-10-23-13-14/h2-11,13,19,22,26H,12H2,1H3/t19-,22-/m0/s1. The maximum Gasteiger partial charge on any atom is 0.215 e. The first-order valence-corrected chi connectivity index (χ1v) is 9.13. The van der Waals surface area contributed by atoms with Crippen LogP contribution in [0.5, 0.6) is 17.2 Å². The lowest BCUT2D eigenvalue weighted by Crippen LogP contribution is -2.33. The molecule has 1 aromatic heterocycles. The van der Waals surface area contributed by atoms with Crippen LogP contribution in [-0.4, -0.2) is 27.9 Å². The number of aromatic hydroxyl groups is 1. The second-order valence-electron chi connectivity index (χ2n) is 6.82. The highest BCUT2D eigenvalue weighted by molar-refractivity contribution is 6.04. The van der Waals surface area contributed by atoms with Crippen molar-refractivity contribution < 1.29 is 14.6 Å². The molecule has 2 aromatic carbocycles. The van der Waals surface area contributed by atoms with Crippen molar-refractivity contribution in [3.05, 3.63) is 83.7 Å². The molecule has 2 aliphatic rings. The van der Waals surface area contributed by atoms with E-state index in [1.54, 1.807) is 31.6 Å². The average Bonchev–Trinajstić information content (AvgIpc) is 3.19. The zero-order valence-electron chi connectivity index (χ0n) is 15.3. The van der Waals surface area contributed by atoms with E-state index < -0.39 is 0 Å². The van der Waals surface area contributed by atoms with Gasteiger partial charge in [0, 0.05) is 35.5 Å². The van der Waals surface area contributed by atoms with Gasteiger partial charge in [0.05, 0.1) is 18.9 Å². The fraction of sp³-hybridized carbons (Fsp3) is 0.182. The number of para-hydroxylation sites is 1. The van der Waals surface area contributed by atoms with Crippen molar-refractivity contribution in [3.63, 3.8) is 0 Å². The van der Waals surface area contributed by atoms with Crippen LogP contribution in [-0.2, 0) is 0 Å². The molecule has 6 heteroatoms. The van der Waals surface area contributed by atoms with Crippen LogP contribution >= 0.6 is 0 Å². The number of benzene rings is 2. The molecule has 0 saturated heterocycles. The zero-order chi connectivity index (χ0) is 19.1. The Morgan fingerprint density at radius 1 is 1.14 bits per heavy atom. The van der Waals surface area contributed by atoms with Crippen molar-refractivity contribution in [2.24, 2.45) is 5.10 Å². The van der Waals surface area contributed by atoms with Gasteiger partial charge in [0.25, 0.3) is 0 Å². The molecule has 0 spiro atoms. The molecule has 0 aliphatic carbocycles. The highest BCUT2D eigenvalue weighted by atomic mass is 16.5. The normalized spacial score (nSPS) is 20.0. The summed E-state index contributed by atoms with van der Waals surface area (Å²) in [5, 5.41) is 17.2. The van der Waals surface area contributed by atoms with Gasteiger partial charge >= 0.3 is 0 Å². The molecule has 140 valence electrons. The maximum absolute atomic E-state index is 10.4. The van der Waals surface area contributed by atoms with E-state index in [0.717, 1.165) is 22.6 Å². The van der Waals surface area contributed by atoms with Crippen LogP contribution in [0.1, 0.15) is 35.4 Å². The molecule has 2 aliphatic heterocycles. The number of phenolic OH excluding ortho intramolecular Hbond substituents is 1. The minimum Gasteiger partial charge on any atom is -0.507 e. The van der Waals surface area contributed by atoms with Gasteiger partial charge in [-0.2, -0.15) is 5.10 Å². The van der Waals surface area contributed by atoms with E-state index in [-0.39, 0.29) is 18.0 Å². The minimum absolute atomic E-state index is 0.0238. The monoisotopic (exact) mass is 373 g/mol. The van der Waals surface area contributed by atoms with Gasteiger partial charge in [-0.15, -0.1) is 0 Å². The van der Waals surface area contributed by atoms with Crippen molar-refractivity contribution in [2.75, 3.05) is 7.11 Å². The Morgan fingerprint density at radius 2 is 2.04 bits per heavy atom. The second-order valence-corrected chi connectivity index (χ2v) is 6.82. The lowest BCUT2D eigenvalue weighted by atomic mass is 9.95. The Labute approximate surface area is 162 Å². The average molecular weight is 373 g/mol. The topological polar surface area (TPSA) is 67.2 Å². The first-order chi connectivity index (χ1) is 13.7. The number of phenols is 1. The number of hydrogen-bond acceptors (Lipinski definition) is 6. The summed E-state index contributed by atoms with van der Waals surface area (Å²) in [7, 11) is 1.61. The molecule has 3 aromatic rings. The number of aromatic nitrogens is 1. The molecule has 0 fully saturated rings. The summed E-state index contributed by atoms with van der Waals surface area (Å²) in [5.74, 6) is 1.72. The zero-order valence-corrected chi connectivity index (χ0v) is 15.3. The fourth-order valence-electron chi connectivity index (χ4n) is 3.81. The summed E-state index contributed by atoms with van der Waals surface area (Å²) in [6.45, 7) is 0. The highest BCUT2D eigenvalue weighted by Crippen LogP contribution is 2.47. The molecule has 2 atom stereocenters. The summed E-state index contributed by atoms with van der Waals surface area (Å²) >= 11 is 0. The van der Waals surface area contributed by atoms with E-state index in [2.05, 4.69) is 11.1 Å². The van der Waals surface area contributed by atoms with Crippen LogP contribution in [0.2, 0.25) is 0 Å². The fourth-order valence-corrected chi connectivity index (χ4v) is 3.81. The molecule has 6 nitrogen and oxygen atoms in total. The van der Waals surface area contributed by atoms with E-state index in [1.165, 1.54) is 0 Å². The number of hydrazone groups is 1. The lowest BCUT2D eigenvalue weighted by molar-refractivity contribution is -0.0192. The summed E-state index contributed by atoms with van der Waals surface area (Å²) in [4.78, 5) is 4.23. The van der Waals surface area contributed by atoms with Gasteiger partial charge in [-0.05, 0) is 30.3 Å². The first kappa shape index (κ1) is 16.6. The highest BCUT2D eigenvalue weighted by Gasteiger charge is 2.41. The van der Waals surface area contributed by atoms with Crippen molar-refractivity contribution in [3.8, 4) is 17.2 Å². The molecule has 0 bridgehead atoms.